The zero-order valence-electron chi connectivity index (χ0n) is 13.7. The first kappa shape index (κ1) is 17.5. The summed E-state index contributed by atoms with van der Waals surface area (Å²) in [4.78, 5) is 13.0. The Bertz CT molecular complexity index is 620. The third-order valence-electron chi connectivity index (χ3n) is 3.86. The lowest BCUT2D eigenvalue weighted by molar-refractivity contribution is -0.122. The van der Waals surface area contributed by atoms with E-state index in [1.807, 2.05) is 48.7 Å². The van der Waals surface area contributed by atoms with Crippen LogP contribution in [0.1, 0.15) is 36.6 Å². The number of thiophene rings is 1. The van der Waals surface area contributed by atoms with Crippen molar-refractivity contribution >= 4 is 17.2 Å². The van der Waals surface area contributed by atoms with Gasteiger partial charge in [-0.15, -0.1) is 11.3 Å². The van der Waals surface area contributed by atoms with Crippen molar-refractivity contribution in [2.45, 2.75) is 31.8 Å². The second-order valence-corrected chi connectivity index (χ2v) is 6.85. The van der Waals surface area contributed by atoms with Crippen LogP contribution in [-0.4, -0.2) is 24.7 Å². The van der Waals surface area contributed by atoms with Crippen LogP contribution in [0.15, 0.2) is 41.8 Å². The van der Waals surface area contributed by atoms with Crippen molar-refractivity contribution in [2.75, 3.05) is 13.7 Å². The summed E-state index contributed by atoms with van der Waals surface area (Å²) in [6.45, 7) is 3.94. The van der Waals surface area contributed by atoms with E-state index in [2.05, 4.69) is 5.32 Å². The number of benzene rings is 1. The van der Waals surface area contributed by atoms with Gasteiger partial charge in [0.2, 0.25) is 5.91 Å². The first-order valence-electron chi connectivity index (χ1n) is 7.59. The Hall–Kier alpha value is -1.85. The van der Waals surface area contributed by atoms with Gasteiger partial charge in [-0.2, -0.15) is 0 Å². The Morgan fingerprint density at radius 2 is 2.04 bits per heavy atom. The molecule has 124 valence electrons. The fourth-order valence-corrected chi connectivity index (χ4v) is 3.13. The molecule has 1 aromatic carbocycles. The first-order valence-corrected chi connectivity index (χ1v) is 8.47. The van der Waals surface area contributed by atoms with E-state index in [-0.39, 0.29) is 18.4 Å². The quantitative estimate of drug-likeness (QED) is 0.817. The van der Waals surface area contributed by atoms with Crippen LogP contribution in [0, 0.1) is 0 Å². The van der Waals surface area contributed by atoms with Crippen LogP contribution >= 0.6 is 11.3 Å². The average Bonchev–Trinajstić information content (AvgIpc) is 3.08. The predicted molar refractivity (Wildman–Crippen MR) is 92.9 cm³/mol. The molecule has 2 atom stereocenters. The molecule has 4 nitrogen and oxygen atoms in total. The molecule has 5 heteroatoms. The minimum absolute atomic E-state index is 0.0647. The molecule has 0 aliphatic carbocycles. The van der Waals surface area contributed by atoms with E-state index in [4.69, 9.17) is 4.74 Å². The predicted octanol–water partition coefficient (Wildman–Crippen LogP) is 3.27. The van der Waals surface area contributed by atoms with Gasteiger partial charge < -0.3 is 15.2 Å². The Morgan fingerprint density at radius 3 is 2.61 bits per heavy atom. The third-order valence-corrected chi connectivity index (χ3v) is 4.98. The second-order valence-electron chi connectivity index (χ2n) is 5.91. The summed E-state index contributed by atoms with van der Waals surface area (Å²) in [5.41, 5.74) is 0.0543. The largest absolute Gasteiger partial charge is 0.497 e. The maximum atomic E-state index is 12.1. The SMILES string of the molecule is COc1ccc(C(C)CC(=O)NCC(C)(O)c2cccs2)cc1. The van der Waals surface area contributed by atoms with Crippen LogP contribution in [0.4, 0.5) is 0 Å². The Labute approximate surface area is 141 Å². The van der Waals surface area contributed by atoms with Crippen LogP contribution in [-0.2, 0) is 10.4 Å². The summed E-state index contributed by atoms with van der Waals surface area (Å²) in [5, 5.41) is 15.2. The molecule has 2 N–H and O–H groups in total. The number of rotatable bonds is 7. The Morgan fingerprint density at radius 1 is 1.35 bits per heavy atom. The lowest BCUT2D eigenvalue weighted by Gasteiger charge is -2.23. The lowest BCUT2D eigenvalue weighted by atomic mass is 9.97. The van der Waals surface area contributed by atoms with Gasteiger partial charge in [0.25, 0.3) is 0 Å². The fourth-order valence-electron chi connectivity index (χ4n) is 2.34. The Balaban J connectivity index is 1.86. The van der Waals surface area contributed by atoms with Crippen LogP contribution in [0.25, 0.3) is 0 Å². The maximum Gasteiger partial charge on any atom is 0.220 e. The van der Waals surface area contributed by atoms with Crippen molar-refractivity contribution in [2.24, 2.45) is 0 Å². The smallest absolute Gasteiger partial charge is 0.220 e. The number of hydrogen-bond acceptors (Lipinski definition) is 4. The highest BCUT2D eigenvalue weighted by atomic mass is 32.1. The number of methoxy groups -OCH3 is 1. The van der Waals surface area contributed by atoms with E-state index in [0.717, 1.165) is 16.2 Å². The van der Waals surface area contributed by atoms with E-state index in [1.54, 1.807) is 14.0 Å². The molecular weight excluding hydrogens is 310 g/mol. The van der Waals surface area contributed by atoms with Gasteiger partial charge in [0.15, 0.2) is 0 Å². The van der Waals surface area contributed by atoms with Crippen molar-refractivity contribution in [1.29, 1.82) is 0 Å². The van der Waals surface area contributed by atoms with Crippen LogP contribution in [0.5, 0.6) is 5.75 Å². The highest BCUT2D eigenvalue weighted by Gasteiger charge is 2.25. The number of ether oxygens (including phenoxy) is 1. The molecule has 0 fully saturated rings. The molecule has 0 spiro atoms. The normalized spacial score (nSPS) is 14.8. The van der Waals surface area contributed by atoms with Gasteiger partial charge in [-0.05, 0) is 42.0 Å². The van der Waals surface area contributed by atoms with E-state index in [9.17, 15) is 9.90 Å². The molecule has 0 aliphatic heterocycles. The molecule has 0 saturated carbocycles. The molecule has 2 unspecified atom stereocenters. The second kappa shape index (κ2) is 7.62. The molecule has 2 aromatic rings. The fraction of sp³-hybridized carbons (Fsp3) is 0.389. The van der Waals surface area contributed by atoms with Crippen LogP contribution in [0.3, 0.4) is 0 Å². The van der Waals surface area contributed by atoms with Gasteiger partial charge in [-0.1, -0.05) is 25.1 Å². The summed E-state index contributed by atoms with van der Waals surface area (Å²) in [6, 6.07) is 11.5. The standard InChI is InChI=1S/C18H23NO3S/c1-13(14-6-8-15(22-3)9-7-14)11-17(20)19-12-18(2,21)16-5-4-10-23-16/h4-10,13,21H,11-12H2,1-3H3,(H,19,20). The Kier molecular flexibility index (Phi) is 5.80. The van der Waals surface area contributed by atoms with Crippen molar-refractivity contribution in [1.82, 2.24) is 5.32 Å². The minimum Gasteiger partial charge on any atom is -0.497 e. The molecular formula is C18H23NO3S. The van der Waals surface area contributed by atoms with Crippen LogP contribution < -0.4 is 10.1 Å². The number of hydrogen-bond donors (Lipinski definition) is 2. The monoisotopic (exact) mass is 333 g/mol. The molecule has 1 amide bonds. The van der Waals surface area contributed by atoms with Crippen molar-refractivity contribution < 1.29 is 14.6 Å². The molecule has 0 aliphatic rings. The number of carbonyl (C=O) groups excluding carboxylic acids is 1. The maximum absolute atomic E-state index is 12.1. The summed E-state index contributed by atoms with van der Waals surface area (Å²) >= 11 is 1.48. The minimum atomic E-state index is -1.03. The van der Waals surface area contributed by atoms with Crippen molar-refractivity contribution in [3.05, 3.63) is 52.2 Å². The summed E-state index contributed by atoms with van der Waals surface area (Å²) in [6.07, 6.45) is 0.382. The van der Waals surface area contributed by atoms with Gasteiger partial charge in [0.1, 0.15) is 11.4 Å². The molecule has 23 heavy (non-hydrogen) atoms. The van der Waals surface area contributed by atoms with E-state index < -0.39 is 5.60 Å². The number of aliphatic hydroxyl groups is 1. The van der Waals surface area contributed by atoms with Gasteiger partial charge in [-0.3, -0.25) is 4.79 Å². The van der Waals surface area contributed by atoms with Gasteiger partial charge in [0, 0.05) is 11.3 Å². The van der Waals surface area contributed by atoms with Crippen molar-refractivity contribution in [3.63, 3.8) is 0 Å². The third kappa shape index (κ3) is 4.81. The van der Waals surface area contributed by atoms with E-state index in [1.165, 1.54) is 11.3 Å². The molecule has 0 radical (unpaired) electrons. The highest BCUT2D eigenvalue weighted by molar-refractivity contribution is 7.10. The van der Waals surface area contributed by atoms with Gasteiger partial charge >= 0.3 is 0 Å². The molecule has 1 heterocycles. The zero-order valence-corrected chi connectivity index (χ0v) is 14.5. The average molecular weight is 333 g/mol. The molecule has 2 rings (SSSR count). The summed E-state index contributed by atoms with van der Waals surface area (Å²) < 4.78 is 5.14. The summed E-state index contributed by atoms with van der Waals surface area (Å²) in [7, 11) is 1.63. The molecule has 1 aromatic heterocycles. The highest BCUT2D eigenvalue weighted by Crippen LogP contribution is 2.25. The van der Waals surface area contributed by atoms with Crippen molar-refractivity contribution in [3.8, 4) is 5.75 Å². The van der Waals surface area contributed by atoms with E-state index >= 15 is 0 Å². The zero-order chi connectivity index (χ0) is 16.9. The molecule has 0 saturated heterocycles. The number of nitrogens with one attached hydrogen (secondary N) is 1. The van der Waals surface area contributed by atoms with Crippen LogP contribution in [0.2, 0.25) is 0 Å². The van der Waals surface area contributed by atoms with E-state index in [0.29, 0.717) is 6.42 Å². The topological polar surface area (TPSA) is 58.6 Å². The summed E-state index contributed by atoms with van der Waals surface area (Å²) in [5.74, 6) is 0.843. The lowest BCUT2D eigenvalue weighted by Crippen LogP contribution is -2.38. The van der Waals surface area contributed by atoms with Gasteiger partial charge in [-0.25, -0.2) is 0 Å². The number of amides is 1. The van der Waals surface area contributed by atoms with Gasteiger partial charge in [0.05, 0.1) is 13.7 Å². The number of carbonyl (C=O) groups is 1. The molecule has 0 bridgehead atoms. The first-order chi connectivity index (χ1) is 10.9.